The first-order valence-corrected chi connectivity index (χ1v) is 7.95. The summed E-state index contributed by atoms with van der Waals surface area (Å²) in [5.41, 5.74) is 0.747. The number of benzene rings is 1. The van der Waals surface area contributed by atoms with E-state index in [2.05, 4.69) is 18.2 Å². The van der Waals surface area contributed by atoms with Gasteiger partial charge in [0.15, 0.2) is 0 Å². The summed E-state index contributed by atoms with van der Waals surface area (Å²) in [6, 6.07) is 3.36. The van der Waals surface area contributed by atoms with E-state index in [4.69, 9.17) is 0 Å². The van der Waals surface area contributed by atoms with Crippen LogP contribution in [0.3, 0.4) is 0 Å². The van der Waals surface area contributed by atoms with E-state index in [1.54, 1.807) is 0 Å². The van der Waals surface area contributed by atoms with Crippen molar-refractivity contribution < 1.29 is 17.6 Å². The minimum absolute atomic E-state index is 0.153. The maximum absolute atomic E-state index is 13.7. The molecular weight excluding hydrogens is 304 g/mol. The third-order valence-electron chi connectivity index (χ3n) is 4.35. The highest BCUT2D eigenvalue weighted by molar-refractivity contribution is 5.29. The van der Waals surface area contributed by atoms with E-state index < -0.39 is 17.6 Å². The predicted octanol–water partition coefficient (Wildman–Crippen LogP) is 6.64. The summed E-state index contributed by atoms with van der Waals surface area (Å²) >= 11 is 0. The lowest BCUT2D eigenvalue weighted by atomic mass is 9.78. The Morgan fingerprint density at radius 3 is 2.26 bits per heavy atom. The smallest absolute Gasteiger partial charge is 0.206 e. The van der Waals surface area contributed by atoms with Crippen molar-refractivity contribution in [3.63, 3.8) is 0 Å². The number of rotatable bonds is 3. The van der Waals surface area contributed by atoms with Crippen molar-refractivity contribution in [3.8, 4) is 0 Å². The molecule has 0 bridgehead atoms. The summed E-state index contributed by atoms with van der Waals surface area (Å²) in [4.78, 5) is 0. The molecule has 1 fully saturated rings. The van der Waals surface area contributed by atoms with Gasteiger partial charge in [0.1, 0.15) is 5.82 Å². The Kier molecular flexibility index (Phi) is 5.66. The summed E-state index contributed by atoms with van der Waals surface area (Å²) in [7, 11) is 0. The fraction of sp³-hybridized carbons (Fsp3) is 0.474. The van der Waals surface area contributed by atoms with Crippen molar-refractivity contribution in [2.75, 3.05) is 0 Å². The molecule has 126 valence electrons. The van der Waals surface area contributed by atoms with Crippen LogP contribution < -0.4 is 0 Å². The number of hydrogen-bond donors (Lipinski definition) is 0. The molecule has 23 heavy (non-hydrogen) atoms. The normalized spacial score (nSPS) is 22.3. The second-order valence-electron chi connectivity index (χ2n) is 6.48. The Morgan fingerprint density at radius 1 is 1.09 bits per heavy atom. The quantitative estimate of drug-likeness (QED) is 0.431. The molecule has 4 heteroatoms. The number of alkyl halides is 3. The van der Waals surface area contributed by atoms with E-state index in [1.807, 2.05) is 13.8 Å². The summed E-state index contributed by atoms with van der Waals surface area (Å²) < 4.78 is 51.5. The van der Waals surface area contributed by atoms with Crippen molar-refractivity contribution >= 4 is 0 Å². The van der Waals surface area contributed by atoms with E-state index in [0.29, 0.717) is 11.5 Å². The zero-order chi connectivity index (χ0) is 17.0. The van der Waals surface area contributed by atoms with E-state index in [9.17, 15) is 17.6 Å². The molecule has 1 aliphatic carbocycles. The Bertz CT molecular complexity index is 584. The first kappa shape index (κ1) is 17.8. The van der Waals surface area contributed by atoms with Crippen LogP contribution >= 0.6 is 0 Å². The molecule has 1 aromatic carbocycles. The van der Waals surface area contributed by atoms with Crippen LogP contribution in [0.4, 0.5) is 17.6 Å². The van der Waals surface area contributed by atoms with Gasteiger partial charge in [-0.25, -0.2) is 4.39 Å². The number of hydrogen-bond acceptors (Lipinski definition) is 0. The molecule has 0 aromatic heterocycles. The van der Waals surface area contributed by atoms with Gasteiger partial charge >= 0.3 is 6.18 Å². The number of allylic oxidation sites excluding steroid dienone is 4. The Labute approximate surface area is 134 Å². The maximum Gasteiger partial charge on any atom is 0.419 e. The molecule has 0 radical (unpaired) electrons. The van der Waals surface area contributed by atoms with Gasteiger partial charge in [0.2, 0.25) is 0 Å². The van der Waals surface area contributed by atoms with Crippen molar-refractivity contribution in [2.45, 2.75) is 51.6 Å². The highest BCUT2D eigenvalue weighted by Crippen LogP contribution is 2.38. The van der Waals surface area contributed by atoms with Crippen LogP contribution in [0.1, 0.15) is 56.6 Å². The van der Waals surface area contributed by atoms with Gasteiger partial charge in [-0.2, -0.15) is 13.2 Å². The summed E-state index contributed by atoms with van der Waals surface area (Å²) in [5.74, 6) is -0.512. The van der Waals surface area contributed by atoms with Gasteiger partial charge in [-0.05, 0) is 69.1 Å². The largest absolute Gasteiger partial charge is 0.419 e. The first-order chi connectivity index (χ1) is 10.8. The van der Waals surface area contributed by atoms with E-state index in [-0.39, 0.29) is 5.92 Å². The summed E-state index contributed by atoms with van der Waals surface area (Å²) in [5, 5.41) is 0. The van der Waals surface area contributed by atoms with E-state index in [0.717, 1.165) is 37.8 Å². The molecule has 0 saturated heterocycles. The third kappa shape index (κ3) is 4.95. The average Bonchev–Trinajstić information content (AvgIpc) is 2.46. The fourth-order valence-electron chi connectivity index (χ4n) is 3.07. The highest BCUT2D eigenvalue weighted by Gasteiger charge is 2.34. The first-order valence-electron chi connectivity index (χ1n) is 7.95. The van der Waals surface area contributed by atoms with E-state index in [1.165, 1.54) is 11.6 Å². The lowest BCUT2D eigenvalue weighted by Gasteiger charge is -2.27. The predicted molar refractivity (Wildman–Crippen MR) is 84.7 cm³/mol. The summed E-state index contributed by atoms with van der Waals surface area (Å²) in [6.45, 7) is 4.08. The Hall–Kier alpha value is -1.58. The van der Waals surface area contributed by atoms with Crippen molar-refractivity contribution in [1.82, 2.24) is 0 Å². The molecule has 0 aliphatic heterocycles. The Balaban J connectivity index is 1.99. The highest BCUT2D eigenvalue weighted by atomic mass is 19.4. The molecule has 1 aromatic rings. The fourth-order valence-corrected chi connectivity index (χ4v) is 3.07. The molecule has 1 aliphatic rings. The maximum atomic E-state index is 13.7. The van der Waals surface area contributed by atoms with Gasteiger partial charge < -0.3 is 0 Å². The molecule has 0 nitrogen and oxygen atoms in total. The second kappa shape index (κ2) is 7.33. The molecule has 0 amide bonds. The zero-order valence-electron chi connectivity index (χ0n) is 13.5. The van der Waals surface area contributed by atoms with Crippen LogP contribution in [0.15, 0.2) is 42.0 Å². The number of halogens is 4. The van der Waals surface area contributed by atoms with Crippen LogP contribution in [0, 0.1) is 11.7 Å². The average molecular weight is 326 g/mol. The molecule has 2 rings (SSSR count). The lowest BCUT2D eigenvalue weighted by Crippen LogP contribution is -2.13. The van der Waals surface area contributed by atoms with Gasteiger partial charge in [-0.15, -0.1) is 0 Å². The molecule has 0 atom stereocenters. The van der Waals surface area contributed by atoms with Crippen LogP contribution in [-0.4, -0.2) is 0 Å². The molecule has 0 N–H and O–H groups in total. The molecule has 0 spiro atoms. The molecule has 1 saturated carbocycles. The second-order valence-corrected chi connectivity index (χ2v) is 6.48. The van der Waals surface area contributed by atoms with Crippen molar-refractivity contribution in [1.29, 1.82) is 0 Å². The third-order valence-corrected chi connectivity index (χ3v) is 4.35. The minimum Gasteiger partial charge on any atom is -0.206 e. The van der Waals surface area contributed by atoms with Crippen molar-refractivity contribution in [2.24, 2.45) is 5.92 Å². The van der Waals surface area contributed by atoms with Gasteiger partial charge in [0.05, 0.1) is 5.56 Å². The standard InChI is InChI=1S/C19H22F4/c1-13(2)4-3-5-14-6-8-15(9-7-14)16-10-11-17(18(20)12-16)19(21,22)23/h3-5,10-12,14-15H,6-9H2,1-2H3/b5-3+. The van der Waals surface area contributed by atoms with Crippen LogP contribution in [0.5, 0.6) is 0 Å². The minimum atomic E-state index is -4.63. The van der Waals surface area contributed by atoms with Crippen LogP contribution in [0.25, 0.3) is 0 Å². The van der Waals surface area contributed by atoms with E-state index >= 15 is 0 Å². The van der Waals surface area contributed by atoms with Crippen LogP contribution in [0.2, 0.25) is 0 Å². The van der Waals surface area contributed by atoms with Gasteiger partial charge in [0.25, 0.3) is 0 Å². The van der Waals surface area contributed by atoms with Gasteiger partial charge in [-0.1, -0.05) is 29.9 Å². The van der Waals surface area contributed by atoms with Crippen molar-refractivity contribution in [3.05, 3.63) is 58.9 Å². The molecule has 0 heterocycles. The molecular formula is C19H22F4. The molecule has 0 unspecified atom stereocenters. The summed E-state index contributed by atoms with van der Waals surface area (Å²) in [6.07, 6.45) is 5.44. The van der Waals surface area contributed by atoms with Crippen LogP contribution in [-0.2, 0) is 6.18 Å². The van der Waals surface area contributed by atoms with Gasteiger partial charge in [-0.3, -0.25) is 0 Å². The topological polar surface area (TPSA) is 0 Å². The zero-order valence-corrected chi connectivity index (χ0v) is 13.5. The monoisotopic (exact) mass is 326 g/mol. The Morgan fingerprint density at radius 2 is 1.74 bits per heavy atom. The van der Waals surface area contributed by atoms with Gasteiger partial charge in [0, 0.05) is 0 Å². The lowest BCUT2D eigenvalue weighted by molar-refractivity contribution is -0.140. The SMILES string of the molecule is CC(C)=C/C=C/C1CCC(c2ccc(C(F)(F)F)c(F)c2)CC1.